The third-order valence-corrected chi connectivity index (χ3v) is 2.27. The Balaban J connectivity index is 2.20. The van der Waals surface area contributed by atoms with Crippen molar-refractivity contribution < 1.29 is 13.5 Å². The lowest BCUT2D eigenvalue weighted by atomic mass is 10.1. The van der Waals surface area contributed by atoms with Gasteiger partial charge in [-0.1, -0.05) is 0 Å². The fraction of sp³-hybridized carbons (Fsp3) is 0.0769. The molecule has 0 saturated carbocycles. The molecule has 90 valence electrons. The number of halogens is 2. The van der Waals surface area contributed by atoms with E-state index in [0.29, 0.717) is 11.3 Å². The molecular weight excluding hydrogens is 238 g/mol. The summed E-state index contributed by atoms with van der Waals surface area (Å²) in [6, 6.07) is 11.5. The molecule has 0 aliphatic heterocycles. The van der Waals surface area contributed by atoms with Gasteiger partial charge in [0, 0.05) is 11.8 Å². The van der Waals surface area contributed by atoms with Gasteiger partial charge in [-0.2, -0.15) is 14.0 Å². The Kier molecular flexibility index (Phi) is 3.49. The zero-order valence-corrected chi connectivity index (χ0v) is 9.18. The molecule has 0 fully saturated rings. The van der Waals surface area contributed by atoms with Gasteiger partial charge in [0.15, 0.2) is 0 Å². The Bertz CT molecular complexity index is 559. The molecule has 1 aromatic heterocycles. The third kappa shape index (κ3) is 2.80. The van der Waals surface area contributed by atoms with Gasteiger partial charge in [0.2, 0.25) is 0 Å². The lowest BCUT2D eigenvalue weighted by Crippen LogP contribution is -2.01. The summed E-state index contributed by atoms with van der Waals surface area (Å²) >= 11 is 0. The lowest BCUT2D eigenvalue weighted by molar-refractivity contribution is -0.0498. The predicted molar refractivity (Wildman–Crippen MR) is 61.0 cm³/mol. The highest BCUT2D eigenvalue weighted by atomic mass is 19.3. The van der Waals surface area contributed by atoms with Crippen LogP contribution in [-0.2, 0) is 0 Å². The average Bonchev–Trinajstić information content (AvgIpc) is 2.39. The van der Waals surface area contributed by atoms with Gasteiger partial charge in [-0.15, -0.1) is 0 Å². The highest BCUT2D eigenvalue weighted by Gasteiger charge is 2.05. The molecule has 0 spiro atoms. The monoisotopic (exact) mass is 246 g/mol. The molecule has 18 heavy (non-hydrogen) atoms. The molecule has 0 atom stereocenters. The van der Waals surface area contributed by atoms with E-state index in [0.717, 1.165) is 5.56 Å². The maximum absolute atomic E-state index is 12.0. The van der Waals surface area contributed by atoms with Gasteiger partial charge >= 0.3 is 6.61 Å². The van der Waals surface area contributed by atoms with Crippen molar-refractivity contribution in [1.82, 2.24) is 4.98 Å². The van der Waals surface area contributed by atoms with Gasteiger partial charge in [0.1, 0.15) is 11.8 Å². The first-order chi connectivity index (χ1) is 8.69. The zero-order chi connectivity index (χ0) is 13.0. The Morgan fingerprint density at radius 1 is 1.11 bits per heavy atom. The van der Waals surface area contributed by atoms with Crippen molar-refractivity contribution in [2.75, 3.05) is 0 Å². The van der Waals surface area contributed by atoms with Crippen LogP contribution in [0.25, 0.3) is 11.3 Å². The number of hydrogen-bond acceptors (Lipinski definition) is 3. The molecule has 0 radical (unpaired) electrons. The minimum Gasteiger partial charge on any atom is -0.435 e. The van der Waals surface area contributed by atoms with Crippen LogP contribution in [0.15, 0.2) is 42.6 Å². The number of hydrogen-bond donors (Lipinski definition) is 0. The second-order valence-electron chi connectivity index (χ2n) is 3.45. The summed E-state index contributed by atoms with van der Waals surface area (Å²) in [5.41, 5.74) is 1.90. The van der Waals surface area contributed by atoms with E-state index in [1.807, 2.05) is 6.07 Å². The van der Waals surface area contributed by atoms with Crippen molar-refractivity contribution in [2.45, 2.75) is 6.61 Å². The molecule has 0 bridgehead atoms. The van der Waals surface area contributed by atoms with Crippen molar-refractivity contribution in [3.8, 4) is 23.1 Å². The number of benzene rings is 1. The number of ether oxygens (including phenoxy) is 1. The first-order valence-electron chi connectivity index (χ1n) is 5.10. The lowest BCUT2D eigenvalue weighted by Gasteiger charge is -2.05. The maximum Gasteiger partial charge on any atom is 0.387 e. The molecule has 3 nitrogen and oxygen atoms in total. The topological polar surface area (TPSA) is 45.9 Å². The zero-order valence-electron chi connectivity index (χ0n) is 9.18. The minimum absolute atomic E-state index is 0.0994. The van der Waals surface area contributed by atoms with Gasteiger partial charge in [-0.05, 0) is 36.4 Å². The molecule has 5 heteroatoms. The van der Waals surface area contributed by atoms with Crippen LogP contribution in [0.2, 0.25) is 0 Å². The number of nitriles is 1. The summed E-state index contributed by atoms with van der Waals surface area (Å²) in [6.07, 6.45) is 1.46. The van der Waals surface area contributed by atoms with Crippen molar-refractivity contribution in [1.29, 1.82) is 5.26 Å². The van der Waals surface area contributed by atoms with Gasteiger partial charge in [0.25, 0.3) is 0 Å². The molecule has 0 unspecified atom stereocenters. The highest BCUT2D eigenvalue weighted by Crippen LogP contribution is 2.21. The molecule has 2 aromatic rings. The first kappa shape index (κ1) is 12.0. The van der Waals surface area contributed by atoms with E-state index in [4.69, 9.17) is 5.26 Å². The first-order valence-corrected chi connectivity index (χ1v) is 5.10. The molecule has 2 rings (SSSR count). The Morgan fingerprint density at radius 2 is 1.83 bits per heavy atom. The van der Waals surface area contributed by atoms with Crippen LogP contribution in [0.5, 0.6) is 5.75 Å². The smallest absolute Gasteiger partial charge is 0.387 e. The van der Waals surface area contributed by atoms with E-state index in [9.17, 15) is 8.78 Å². The van der Waals surface area contributed by atoms with E-state index in [2.05, 4.69) is 9.72 Å². The van der Waals surface area contributed by atoms with E-state index < -0.39 is 6.61 Å². The molecule has 1 aromatic carbocycles. The van der Waals surface area contributed by atoms with Crippen LogP contribution in [0.3, 0.4) is 0 Å². The molecule has 1 heterocycles. The van der Waals surface area contributed by atoms with E-state index in [1.165, 1.54) is 18.3 Å². The van der Waals surface area contributed by atoms with Crippen molar-refractivity contribution in [3.05, 3.63) is 48.2 Å². The van der Waals surface area contributed by atoms with Crippen LogP contribution >= 0.6 is 0 Å². The van der Waals surface area contributed by atoms with Crippen LogP contribution in [0.4, 0.5) is 8.78 Å². The van der Waals surface area contributed by atoms with E-state index in [1.54, 1.807) is 24.3 Å². The SMILES string of the molecule is N#Cc1ccc(-c2ccc(OC(F)F)cc2)nc1. The average molecular weight is 246 g/mol. The second-order valence-corrected chi connectivity index (χ2v) is 3.45. The molecular formula is C13H8F2N2O. The van der Waals surface area contributed by atoms with Gasteiger partial charge in [-0.3, -0.25) is 4.98 Å². The Hall–Kier alpha value is -2.48. The van der Waals surface area contributed by atoms with Crippen molar-refractivity contribution in [3.63, 3.8) is 0 Å². The van der Waals surface area contributed by atoms with Crippen molar-refractivity contribution in [2.24, 2.45) is 0 Å². The Morgan fingerprint density at radius 3 is 2.33 bits per heavy atom. The molecule has 0 saturated heterocycles. The van der Waals surface area contributed by atoms with E-state index >= 15 is 0 Å². The van der Waals surface area contributed by atoms with Gasteiger partial charge in [0.05, 0.1) is 11.3 Å². The number of alkyl halides is 2. The summed E-state index contributed by atoms with van der Waals surface area (Å²) in [5.74, 6) is 0.0994. The summed E-state index contributed by atoms with van der Waals surface area (Å²) in [6.45, 7) is -2.83. The number of rotatable bonds is 3. The third-order valence-electron chi connectivity index (χ3n) is 2.27. The number of pyridine rings is 1. The standard InChI is InChI=1S/C13H8F2N2O/c14-13(15)18-11-4-2-10(3-5-11)12-6-1-9(7-16)8-17-12/h1-6,8,13H. The van der Waals surface area contributed by atoms with Crippen LogP contribution in [0.1, 0.15) is 5.56 Å². The predicted octanol–water partition coefficient (Wildman–Crippen LogP) is 3.22. The summed E-state index contributed by atoms with van der Waals surface area (Å²) < 4.78 is 28.2. The van der Waals surface area contributed by atoms with Crippen LogP contribution < -0.4 is 4.74 Å². The highest BCUT2D eigenvalue weighted by molar-refractivity contribution is 5.60. The summed E-state index contributed by atoms with van der Waals surface area (Å²) in [5, 5.41) is 8.64. The summed E-state index contributed by atoms with van der Waals surface area (Å²) in [4.78, 5) is 4.10. The quantitative estimate of drug-likeness (QED) is 0.835. The fourth-order valence-corrected chi connectivity index (χ4v) is 1.44. The molecule has 0 aliphatic rings. The molecule has 0 aliphatic carbocycles. The molecule has 0 amide bonds. The Labute approximate surface area is 102 Å². The molecule has 0 N–H and O–H groups in total. The summed E-state index contributed by atoms with van der Waals surface area (Å²) in [7, 11) is 0. The van der Waals surface area contributed by atoms with Gasteiger partial charge in [-0.25, -0.2) is 0 Å². The largest absolute Gasteiger partial charge is 0.435 e. The van der Waals surface area contributed by atoms with Crippen LogP contribution in [0, 0.1) is 11.3 Å². The fourth-order valence-electron chi connectivity index (χ4n) is 1.44. The van der Waals surface area contributed by atoms with E-state index in [-0.39, 0.29) is 5.75 Å². The maximum atomic E-state index is 12.0. The van der Waals surface area contributed by atoms with Gasteiger partial charge < -0.3 is 4.74 Å². The number of nitrogens with zero attached hydrogens (tertiary/aromatic N) is 2. The minimum atomic E-state index is -2.83. The van der Waals surface area contributed by atoms with Crippen LogP contribution in [-0.4, -0.2) is 11.6 Å². The number of aromatic nitrogens is 1. The normalized spacial score (nSPS) is 10.1. The van der Waals surface area contributed by atoms with Crippen molar-refractivity contribution >= 4 is 0 Å². The second kappa shape index (κ2) is 5.23.